The second-order valence-corrected chi connectivity index (χ2v) is 4.41. The van der Waals surface area contributed by atoms with Gasteiger partial charge in [0.15, 0.2) is 5.78 Å². The van der Waals surface area contributed by atoms with E-state index in [1.54, 1.807) is 25.3 Å². The summed E-state index contributed by atoms with van der Waals surface area (Å²) in [6, 6.07) is 5.08. The average molecular weight is 257 g/mol. The maximum absolute atomic E-state index is 11.9. The molecule has 0 aliphatic heterocycles. The van der Waals surface area contributed by atoms with Crippen molar-refractivity contribution in [3.8, 4) is 5.75 Å². The highest BCUT2D eigenvalue weighted by atomic mass is 35.5. The molecule has 1 rings (SSSR count). The van der Waals surface area contributed by atoms with E-state index in [0.717, 1.165) is 0 Å². The highest BCUT2D eigenvalue weighted by Crippen LogP contribution is 2.25. The van der Waals surface area contributed by atoms with Crippen molar-refractivity contribution in [2.24, 2.45) is 0 Å². The minimum absolute atomic E-state index is 0.0187. The number of carbonyl (C=O) groups is 1. The zero-order chi connectivity index (χ0) is 12.8. The highest BCUT2D eigenvalue weighted by Gasteiger charge is 2.14. The number of benzene rings is 1. The number of ketones is 1. The van der Waals surface area contributed by atoms with Gasteiger partial charge in [0, 0.05) is 18.6 Å². The summed E-state index contributed by atoms with van der Waals surface area (Å²) in [7, 11) is 1.57. The standard InChI is InChI=1S/C13H17ClO3/c1-9(2)17-13-5-4-10(14)8-11(13)12(15)6-7-16-3/h4-5,8-9H,6-7H2,1-3H3. The lowest BCUT2D eigenvalue weighted by Crippen LogP contribution is -2.11. The number of ether oxygens (including phenoxy) is 2. The Kier molecular flexibility index (Phi) is 5.45. The second kappa shape index (κ2) is 6.62. The van der Waals surface area contributed by atoms with Crippen LogP contribution in [0, 0.1) is 0 Å². The Bertz CT molecular complexity index is 388. The first kappa shape index (κ1) is 14.0. The van der Waals surface area contributed by atoms with E-state index in [0.29, 0.717) is 29.4 Å². The van der Waals surface area contributed by atoms with Crippen molar-refractivity contribution in [2.45, 2.75) is 26.4 Å². The smallest absolute Gasteiger partial charge is 0.168 e. The molecule has 1 aromatic rings. The van der Waals surface area contributed by atoms with Gasteiger partial charge in [-0.3, -0.25) is 4.79 Å². The summed E-state index contributed by atoms with van der Waals surface area (Å²) in [4.78, 5) is 11.9. The lowest BCUT2D eigenvalue weighted by atomic mass is 10.1. The van der Waals surface area contributed by atoms with E-state index in [-0.39, 0.29) is 11.9 Å². The molecule has 0 aliphatic carbocycles. The lowest BCUT2D eigenvalue weighted by molar-refractivity contribution is 0.0926. The molecule has 0 N–H and O–H groups in total. The van der Waals surface area contributed by atoms with Gasteiger partial charge in [-0.1, -0.05) is 11.6 Å². The molecule has 0 fully saturated rings. The van der Waals surface area contributed by atoms with Crippen LogP contribution in [0.4, 0.5) is 0 Å². The van der Waals surface area contributed by atoms with Crippen molar-refractivity contribution in [3.05, 3.63) is 28.8 Å². The Balaban J connectivity index is 2.93. The first-order valence-corrected chi connectivity index (χ1v) is 5.90. The van der Waals surface area contributed by atoms with Crippen LogP contribution in [0.5, 0.6) is 5.75 Å². The van der Waals surface area contributed by atoms with Gasteiger partial charge >= 0.3 is 0 Å². The summed E-state index contributed by atoms with van der Waals surface area (Å²) >= 11 is 5.89. The first-order chi connectivity index (χ1) is 8.04. The third-order valence-corrected chi connectivity index (χ3v) is 2.37. The number of carbonyl (C=O) groups excluding carboxylic acids is 1. The molecular weight excluding hydrogens is 240 g/mol. The molecule has 0 atom stereocenters. The van der Waals surface area contributed by atoms with Crippen LogP contribution >= 0.6 is 11.6 Å². The molecule has 0 bridgehead atoms. The van der Waals surface area contributed by atoms with Crippen LogP contribution in [0.2, 0.25) is 5.02 Å². The molecule has 94 valence electrons. The lowest BCUT2D eigenvalue weighted by Gasteiger charge is -2.13. The Morgan fingerprint density at radius 2 is 2.12 bits per heavy atom. The molecule has 0 heterocycles. The summed E-state index contributed by atoms with van der Waals surface area (Å²) in [6.07, 6.45) is 0.343. The van der Waals surface area contributed by atoms with E-state index in [4.69, 9.17) is 21.1 Å². The number of methoxy groups -OCH3 is 1. The van der Waals surface area contributed by atoms with Gasteiger partial charge in [-0.05, 0) is 32.0 Å². The molecule has 0 saturated carbocycles. The molecule has 0 aliphatic rings. The van der Waals surface area contributed by atoms with Gasteiger partial charge < -0.3 is 9.47 Å². The predicted molar refractivity (Wildman–Crippen MR) is 68.0 cm³/mol. The summed E-state index contributed by atoms with van der Waals surface area (Å²) in [5, 5.41) is 0.530. The van der Waals surface area contributed by atoms with E-state index >= 15 is 0 Å². The average Bonchev–Trinajstić information content (AvgIpc) is 2.27. The molecule has 4 heteroatoms. The molecule has 0 spiro atoms. The third-order valence-electron chi connectivity index (χ3n) is 2.14. The molecule has 0 saturated heterocycles. The van der Waals surface area contributed by atoms with Gasteiger partial charge in [-0.15, -0.1) is 0 Å². The molecule has 0 aromatic heterocycles. The predicted octanol–water partition coefficient (Wildman–Crippen LogP) is 3.35. The third kappa shape index (κ3) is 4.36. The maximum Gasteiger partial charge on any atom is 0.168 e. The summed E-state index contributed by atoms with van der Waals surface area (Å²) in [5.74, 6) is 0.551. The van der Waals surface area contributed by atoms with Crippen molar-refractivity contribution in [1.29, 1.82) is 0 Å². The summed E-state index contributed by atoms with van der Waals surface area (Å²) in [6.45, 7) is 4.22. The fourth-order valence-corrected chi connectivity index (χ4v) is 1.58. The molecule has 0 amide bonds. The zero-order valence-electron chi connectivity index (χ0n) is 10.3. The minimum atomic E-state index is -0.0231. The van der Waals surface area contributed by atoms with Crippen LogP contribution in [0.15, 0.2) is 18.2 Å². The van der Waals surface area contributed by atoms with Crippen molar-refractivity contribution in [2.75, 3.05) is 13.7 Å². The Morgan fingerprint density at radius 3 is 2.71 bits per heavy atom. The van der Waals surface area contributed by atoms with Crippen LogP contribution in [0.25, 0.3) is 0 Å². The van der Waals surface area contributed by atoms with Gasteiger partial charge in [-0.25, -0.2) is 0 Å². The van der Waals surface area contributed by atoms with Crippen LogP contribution in [0.3, 0.4) is 0 Å². The number of rotatable bonds is 6. The monoisotopic (exact) mass is 256 g/mol. The Morgan fingerprint density at radius 1 is 1.41 bits per heavy atom. The van der Waals surface area contributed by atoms with E-state index < -0.39 is 0 Å². The highest BCUT2D eigenvalue weighted by molar-refractivity contribution is 6.31. The van der Waals surface area contributed by atoms with Crippen LogP contribution in [0.1, 0.15) is 30.6 Å². The topological polar surface area (TPSA) is 35.5 Å². The minimum Gasteiger partial charge on any atom is -0.490 e. The van der Waals surface area contributed by atoms with Crippen molar-refractivity contribution < 1.29 is 14.3 Å². The second-order valence-electron chi connectivity index (χ2n) is 3.97. The summed E-state index contributed by atoms with van der Waals surface area (Å²) in [5.41, 5.74) is 0.517. The normalized spacial score (nSPS) is 10.6. The van der Waals surface area contributed by atoms with E-state index in [2.05, 4.69) is 0 Å². The molecule has 3 nitrogen and oxygen atoms in total. The molecule has 17 heavy (non-hydrogen) atoms. The van der Waals surface area contributed by atoms with Crippen molar-refractivity contribution >= 4 is 17.4 Å². The first-order valence-electron chi connectivity index (χ1n) is 5.53. The van der Waals surface area contributed by atoms with Gasteiger partial charge in [0.2, 0.25) is 0 Å². The van der Waals surface area contributed by atoms with Crippen LogP contribution in [-0.4, -0.2) is 25.6 Å². The Labute approximate surface area is 107 Å². The number of halogens is 1. The van der Waals surface area contributed by atoms with Crippen molar-refractivity contribution in [1.82, 2.24) is 0 Å². The fourth-order valence-electron chi connectivity index (χ4n) is 1.41. The van der Waals surface area contributed by atoms with E-state index in [1.165, 1.54) is 0 Å². The fraction of sp³-hybridized carbons (Fsp3) is 0.462. The van der Waals surface area contributed by atoms with Crippen molar-refractivity contribution in [3.63, 3.8) is 0 Å². The van der Waals surface area contributed by atoms with Crippen LogP contribution < -0.4 is 4.74 Å². The van der Waals surface area contributed by atoms with Crippen LogP contribution in [-0.2, 0) is 4.74 Å². The molecule has 0 unspecified atom stereocenters. The Hall–Kier alpha value is -1.06. The number of hydrogen-bond acceptors (Lipinski definition) is 3. The SMILES string of the molecule is COCCC(=O)c1cc(Cl)ccc1OC(C)C. The number of hydrogen-bond donors (Lipinski definition) is 0. The molecule has 1 aromatic carbocycles. The molecular formula is C13H17ClO3. The van der Waals surface area contributed by atoms with Gasteiger partial charge in [0.1, 0.15) is 5.75 Å². The van der Waals surface area contributed by atoms with E-state index in [9.17, 15) is 4.79 Å². The van der Waals surface area contributed by atoms with E-state index in [1.807, 2.05) is 13.8 Å². The number of Topliss-reactive ketones (excluding diaryl/α,β-unsaturated/α-hetero) is 1. The largest absolute Gasteiger partial charge is 0.490 e. The summed E-state index contributed by atoms with van der Waals surface area (Å²) < 4.78 is 10.5. The maximum atomic E-state index is 11.9. The van der Waals surface area contributed by atoms with Gasteiger partial charge in [0.25, 0.3) is 0 Å². The zero-order valence-corrected chi connectivity index (χ0v) is 11.1. The quantitative estimate of drug-likeness (QED) is 0.733. The van der Waals surface area contributed by atoms with Gasteiger partial charge in [-0.2, -0.15) is 0 Å². The molecule has 0 radical (unpaired) electrons. The van der Waals surface area contributed by atoms with Gasteiger partial charge in [0.05, 0.1) is 18.3 Å².